The monoisotopic (exact) mass is 198 g/mol. The first-order valence-electron chi connectivity index (χ1n) is 4.01. The Balaban J connectivity index is 2.95. The van der Waals surface area contributed by atoms with Crippen LogP contribution in [0.5, 0.6) is 0 Å². The first-order chi connectivity index (χ1) is 6.16. The van der Waals surface area contributed by atoms with Crippen molar-refractivity contribution in [2.45, 2.75) is 6.92 Å². The number of rotatable bonds is 2. The molecule has 0 aliphatic rings. The summed E-state index contributed by atoms with van der Waals surface area (Å²) in [7, 11) is 1.74. The molecular weight excluding hydrogens is 188 g/mol. The molecule has 0 unspecified atom stereocenters. The summed E-state index contributed by atoms with van der Waals surface area (Å²) in [6.07, 6.45) is 3.03. The summed E-state index contributed by atoms with van der Waals surface area (Å²) in [5.41, 5.74) is 0.501. The lowest BCUT2D eigenvalue weighted by molar-refractivity contribution is 0.0802. The molecule has 1 heterocycles. The maximum Gasteiger partial charge on any atom is 0.255 e. The second kappa shape index (κ2) is 4.23. The van der Waals surface area contributed by atoms with Crippen LogP contribution in [0, 0.1) is 0 Å². The highest BCUT2D eigenvalue weighted by molar-refractivity contribution is 6.33. The predicted molar refractivity (Wildman–Crippen MR) is 51.9 cm³/mol. The van der Waals surface area contributed by atoms with Crippen LogP contribution in [-0.2, 0) is 0 Å². The molecular formula is C9H11ClN2O. The summed E-state index contributed by atoms with van der Waals surface area (Å²) < 4.78 is 0. The lowest BCUT2D eigenvalue weighted by Crippen LogP contribution is -2.26. The minimum absolute atomic E-state index is 0.0742. The molecule has 1 aromatic heterocycles. The predicted octanol–water partition coefficient (Wildman–Crippen LogP) is 1.83. The highest BCUT2D eigenvalue weighted by atomic mass is 35.5. The molecule has 0 aliphatic heterocycles. The van der Waals surface area contributed by atoms with Gasteiger partial charge in [-0.1, -0.05) is 11.6 Å². The molecule has 1 aromatic rings. The van der Waals surface area contributed by atoms with Crippen molar-refractivity contribution in [3.05, 3.63) is 29.0 Å². The number of pyridine rings is 1. The third-order valence-electron chi connectivity index (χ3n) is 1.82. The van der Waals surface area contributed by atoms with E-state index in [1.807, 2.05) is 6.92 Å². The van der Waals surface area contributed by atoms with Gasteiger partial charge in [0, 0.05) is 26.0 Å². The molecule has 0 spiro atoms. The van der Waals surface area contributed by atoms with Crippen molar-refractivity contribution in [1.29, 1.82) is 0 Å². The van der Waals surface area contributed by atoms with E-state index >= 15 is 0 Å². The first kappa shape index (κ1) is 9.99. The molecule has 0 bridgehead atoms. The number of carbonyl (C=O) groups is 1. The quantitative estimate of drug-likeness (QED) is 0.727. The molecule has 0 aliphatic carbocycles. The zero-order chi connectivity index (χ0) is 9.84. The van der Waals surface area contributed by atoms with Crippen LogP contribution in [-0.4, -0.2) is 29.4 Å². The molecule has 0 N–H and O–H groups in total. The number of aromatic nitrogens is 1. The number of hydrogen-bond acceptors (Lipinski definition) is 2. The maximum absolute atomic E-state index is 11.6. The number of hydrogen-bond donors (Lipinski definition) is 0. The van der Waals surface area contributed by atoms with Crippen molar-refractivity contribution < 1.29 is 4.79 Å². The Morgan fingerprint density at radius 3 is 2.92 bits per heavy atom. The Morgan fingerprint density at radius 1 is 1.69 bits per heavy atom. The summed E-state index contributed by atoms with van der Waals surface area (Å²) in [5, 5.41) is 0.396. The Kier molecular flexibility index (Phi) is 3.25. The van der Waals surface area contributed by atoms with Gasteiger partial charge in [-0.25, -0.2) is 0 Å². The molecule has 1 rings (SSSR count). The van der Waals surface area contributed by atoms with Crippen molar-refractivity contribution in [1.82, 2.24) is 9.88 Å². The van der Waals surface area contributed by atoms with Crippen LogP contribution in [0.25, 0.3) is 0 Å². The zero-order valence-corrected chi connectivity index (χ0v) is 8.38. The highest BCUT2D eigenvalue weighted by Crippen LogP contribution is 2.14. The van der Waals surface area contributed by atoms with Crippen LogP contribution in [0.2, 0.25) is 5.02 Å². The van der Waals surface area contributed by atoms with E-state index < -0.39 is 0 Å². The molecule has 0 aromatic carbocycles. The van der Waals surface area contributed by atoms with E-state index in [2.05, 4.69) is 4.98 Å². The fourth-order valence-corrected chi connectivity index (χ4v) is 1.10. The van der Waals surface area contributed by atoms with E-state index in [1.54, 1.807) is 24.2 Å². The first-order valence-corrected chi connectivity index (χ1v) is 4.39. The van der Waals surface area contributed by atoms with Crippen LogP contribution in [0.1, 0.15) is 17.3 Å². The van der Waals surface area contributed by atoms with Gasteiger partial charge in [0.2, 0.25) is 0 Å². The Hall–Kier alpha value is -1.09. The van der Waals surface area contributed by atoms with Crippen LogP contribution < -0.4 is 0 Å². The minimum Gasteiger partial charge on any atom is -0.342 e. The number of amides is 1. The smallest absolute Gasteiger partial charge is 0.255 e. The molecule has 70 valence electrons. The van der Waals surface area contributed by atoms with Gasteiger partial charge in [-0.2, -0.15) is 0 Å². The van der Waals surface area contributed by atoms with Gasteiger partial charge in [-0.05, 0) is 13.0 Å². The van der Waals surface area contributed by atoms with Crippen molar-refractivity contribution in [3.63, 3.8) is 0 Å². The zero-order valence-electron chi connectivity index (χ0n) is 7.62. The van der Waals surface area contributed by atoms with Crippen molar-refractivity contribution in [3.8, 4) is 0 Å². The second-order valence-corrected chi connectivity index (χ2v) is 3.08. The van der Waals surface area contributed by atoms with E-state index in [-0.39, 0.29) is 5.91 Å². The fraction of sp³-hybridized carbons (Fsp3) is 0.333. The Morgan fingerprint density at radius 2 is 2.38 bits per heavy atom. The molecule has 0 fully saturated rings. The van der Waals surface area contributed by atoms with E-state index in [1.165, 1.54) is 6.20 Å². The van der Waals surface area contributed by atoms with Crippen molar-refractivity contribution in [2.75, 3.05) is 13.6 Å². The molecule has 3 nitrogen and oxygen atoms in total. The topological polar surface area (TPSA) is 33.2 Å². The summed E-state index contributed by atoms with van der Waals surface area (Å²) in [6, 6.07) is 1.62. The summed E-state index contributed by atoms with van der Waals surface area (Å²) in [5.74, 6) is -0.0742. The van der Waals surface area contributed by atoms with Crippen LogP contribution in [0.4, 0.5) is 0 Å². The highest BCUT2D eigenvalue weighted by Gasteiger charge is 2.12. The molecule has 0 radical (unpaired) electrons. The molecule has 1 amide bonds. The number of halogens is 1. The van der Waals surface area contributed by atoms with Crippen LogP contribution in [0.15, 0.2) is 18.5 Å². The SMILES string of the molecule is CCN(C)C(=O)c1ccncc1Cl. The van der Waals surface area contributed by atoms with Gasteiger partial charge in [0.25, 0.3) is 5.91 Å². The number of carbonyl (C=O) groups excluding carboxylic acids is 1. The van der Waals surface area contributed by atoms with Gasteiger partial charge in [0.1, 0.15) is 0 Å². The van der Waals surface area contributed by atoms with Gasteiger partial charge in [0.05, 0.1) is 10.6 Å². The third kappa shape index (κ3) is 2.18. The van der Waals surface area contributed by atoms with Gasteiger partial charge in [0.15, 0.2) is 0 Å². The van der Waals surface area contributed by atoms with Gasteiger partial charge >= 0.3 is 0 Å². The van der Waals surface area contributed by atoms with E-state index in [4.69, 9.17) is 11.6 Å². The van der Waals surface area contributed by atoms with Gasteiger partial charge in [-0.3, -0.25) is 9.78 Å². The summed E-state index contributed by atoms with van der Waals surface area (Å²) in [6.45, 7) is 2.57. The number of nitrogens with zero attached hydrogens (tertiary/aromatic N) is 2. The van der Waals surface area contributed by atoms with E-state index in [0.29, 0.717) is 17.1 Å². The lowest BCUT2D eigenvalue weighted by Gasteiger charge is -2.14. The summed E-state index contributed by atoms with van der Waals surface area (Å²) >= 11 is 5.81. The molecule has 0 atom stereocenters. The van der Waals surface area contributed by atoms with Crippen molar-refractivity contribution >= 4 is 17.5 Å². The normalized spacial score (nSPS) is 9.77. The second-order valence-electron chi connectivity index (χ2n) is 2.67. The van der Waals surface area contributed by atoms with Crippen LogP contribution >= 0.6 is 11.6 Å². The minimum atomic E-state index is -0.0742. The molecule has 0 saturated heterocycles. The lowest BCUT2D eigenvalue weighted by atomic mass is 10.2. The third-order valence-corrected chi connectivity index (χ3v) is 2.13. The maximum atomic E-state index is 11.6. The van der Waals surface area contributed by atoms with E-state index in [9.17, 15) is 4.79 Å². The van der Waals surface area contributed by atoms with E-state index in [0.717, 1.165) is 0 Å². The fourth-order valence-electron chi connectivity index (χ4n) is 0.898. The van der Waals surface area contributed by atoms with Crippen LogP contribution in [0.3, 0.4) is 0 Å². The average molecular weight is 199 g/mol. The van der Waals surface area contributed by atoms with Crippen molar-refractivity contribution in [2.24, 2.45) is 0 Å². The summed E-state index contributed by atoms with van der Waals surface area (Å²) in [4.78, 5) is 17.0. The van der Waals surface area contributed by atoms with Gasteiger partial charge in [-0.15, -0.1) is 0 Å². The Bertz CT molecular complexity index is 314. The average Bonchev–Trinajstić information content (AvgIpc) is 2.16. The largest absolute Gasteiger partial charge is 0.342 e. The molecule has 13 heavy (non-hydrogen) atoms. The molecule has 4 heteroatoms. The Labute approximate surface area is 82.3 Å². The molecule has 0 saturated carbocycles. The standard InChI is InChI=1S/C9H11ClN2O/c1-3-12(2)9(13)7-4-5-11-6-8(7)10/h4-6H,3H2,1-2H3. The van der Waals surface area contributed by atoms with Gasteiger partial charge < -0.3 is 4.90 Å².